The number of alkyl halides is 3. The van der Waals surface area contributed by atoms with Crippen molar-refractivity contribution in [2.24, 2.45) is 0 Å². The van der Waals surface area contributed by atoms with Crippen molar-refractivity contribution in [2.75, 3.05) is 0 Å². The van der Waals surface area contributed by atoms with E-state index < -0.39 is 23.0 Å². The molecule has 5 aromatic carbocycles. The zero-order chi connectivity index (χ0) is 27.8. The zero-order valence-corrected chi connectivity index (χ0v) is 21.3. The first kappa shape index (κ1) is 25.6. The third-order valence-corrected chi connectivity index (χ3v) is 7.50. The van der Waals surface area contributed by atoms with Crippen molar-refractivity contribution < 1.29 is 18.3 Å². The molecule has 6 rings (SSSR count). The van der Waals surface area contributed by atoms with Gasteiger partial charge in [-0.05, 0) is 27.5 Å². The Morgan fingerprint density at radius 3 is 1.57 bits per heavy atom. The van der Waals surface area contributed by atoms with Crippen molar-refractivity contribution in [3.05, 3.63) is 174 Å². The first-order valence-corrected chi connectivity index (χ1v) is 12.9. The van der Waals surface area contributed by atoms with Crippen LogP contribution in [0, 0.1) is 0 Å². The highest BCUT2D eigenvalue weighted by Gasteiger charge is 2.59. The molecule has 3 nitrogen and oxygen atoms in total. The summed E-state index contributed by atoms with van der Waals surface area (Å²) in [6.45, 7) is 0. The van der Waals surface area contributed by atoms with E-state index in [-0.39, 0.29) is 5.56 Å². The van der Waals surface area contributed by atoms with E-state index in [1.165, 1.54) is 24.7 Å². The summed E-state index contributed by atoms with van der Waals surface area (Å²) in [5.74, 6) is 0. The van der Waals surface area contributed by atoms with Crippen LogP contribution in [0.2, 0.25) is 0 Å². The molecular formula is C34H25F3N2O. The monoisotopic (exact) mass is 534 g/mol. The molecule has 0 aliphatic heterocycles. The van der Waals surface area contributed by atoms with Crippen molar-refractivity contribution in [2.45, 2.75) is 17.3 Å². The van der Waals surface area contributed by atoms with E-state index in [1.54, 1.807) is 34.9 Å². The van der Waals surface area contributed by atoms with Gasteiger partial charge in [0.25, 0.3) is 0 Å². The van der Waals surface area contributed by atoms with Gasteiger partial charge in [-0.1, -0.05) is 133 Å². The molecule has 0 aliphatic rings. The number of nitrogens with zero attached hydrogens (tertiary/aromatic N) is 2. The minimum Gasteiger partial charge on any atom is -0.371 e. The van der Waals surface area contributed by atoms with Crippen LogP contribution in [-0.2, 0) is 11.1 Å². The van der Waals surface area contributed by atoms with Crippen molar-refractivity contribution >= 4 is 10.8 Å². The minimum atomic E-state index is -5.05. The molecule has 1 heterocycles. The SMILES string of the molecule is OC(c1cn(C(c2ccccc2)(c2ccccc2)c2ccccc2)cn1)(c1cccc2ccccc12)C(F)(F)F. The zero-order valence-electron chi connectivity index (χ0n) is 21.3. The molecule has 0 bridgehead atoms. The second-order valence-corrected chi connectivity index (χ2v) is 9.71. The number of hydrogen-bond acceptors (Lipinski definition) is 2. The van der Waals surface area contributed by atoms with Crippen molar-refractivity contribution in [3.8, 4) is 0 Å². The van der Waals surface area contributed by atoms with Crippen LogP contribution in [0.4, 0.5) is 13.2 Å². The van der Waals surface area contributed by atoms with E-state index in [0.717, 1.165) is 16.7 Å². The van der Waals surface area contributed by atoms with Gasteiger partial charge >= 0.3 is 6.18 Å². The Morgan fingerprint density at radius 2 is 1.05 bits per heavy atom. The Morgan fingerprint density at radius 1 is 0.575 bits per heavy atom. The van der Waals surface area contributed by atoms with Crippen LogP contribution in [0.15, 0.2) is 146 Å². The van der Waals surface area contributed by atoms with E-state index in [0.29, 0.717) is 10.8 Å². The molecule has 0 amide bonds. The summed E-state index contributed by atoms with van der Waals surface area (Å²) < 4.78 is 46.6. The molecule has 0 aliphatic carbocycles. The van der Waals surface area contributed by atoms with Crippen LogP contribution in [0.25, 0.3) is 10.8 Å². The topological polar surface area (TPSA) is 38.0 Å². The Bertz CT molecular complexity index is 1650. The number of fused-ring (bicyclic) bond motifs is 1. The Balaban J connectivity index is 1.66. The van der Waals surface area contributed by atoms with Gasteiger partial charge in [-0.3, -0.25) is 0 Å². The first-order chi connectivity index (χ1) is 19.4. The fraction of sp³-hybridized carbons (Fsp3) is 0.0882. The summed E-state index contributed by atoms with van der Waals surface area (Å²) in [6, 6.07) is 40.0. The van der Waals surface area contributed by atoms with Crippen LogP contribution in [0.5, 0.6) is 0 Å². The van der Waals surface area contributed by atoms with Gasteiger partial charge in [-0.15, -0.1) is 0 Å². The summed E-state index contributed by atoms with van der Waals surface area (Å²) in [6.07, 6.45) is -2.35. The normalized spacial score (nSPS) is 13.7. The lowest BCUT2D eigenvalue weighted by Crippen LogP contribution is -2.44. The van der Waals surface area contributed by atoms with Gasteiger partial charge in [0.05, 0.1) is 6.33 Å². The third kappa shape index (κ3) is 3.91. The number of aliphatic hydroxyl groups is 1. The number of imidazole rings is 1. The van der Waals surface area contributed by atoms with Crippen LogP contribution in [0.1, 0.15) is 27.9 Å². The fourth-order valence-corrected chi connectivity index (χ4v) is 5.66. The van der Waals surface area contributed by atoms with Gasteiger partial charge in [0, 0.05) is 11.8 Å². The van der Waals surface area contributed by atoms with Crippen molar-refractivity contribution in [1.82, 2.24) is 9.55 Å². The van der Waals surface area contributed by atoms with Crippen LogP contribution >= 0.6 is 0 Å². The van der Waals surface area contributed by atoms with Crippen molar-refractivity contribution in [1.29, 1.82) is 0 Å². The first-order valence-electron chi connectivity index (χ1n) is 12.9. The Kier molecular flexibility index (Phi) is 6.28. The molecular weight excluding hydrogens is 509 g/mol. The highest BCUT2D eigenvalue weighted by Crippen LogP contribution is 2.47. The molecule has 0 saturated heterocycles. The fourth-order valence-electron chi connectivity index (χ4n) is 5.66. The predicted octanol–water partition coefficient (Wildman–Crippen LogP) is 7.67. The lowest BCUT2D eigenvalue weighted by atomic mass is 9.76. The second kappa shape index (κ2) is 9.81. The van der Waals surface area contributed by atoms with Gasteiger partial charge < -0.3 is 9.67 Å². The molecule has 6 aromatic rings. The number of hydrogen-bond donors (Lipinski definition) is 1. The van der Waals surface area contributed by atoms with Crippen LogP contribution in [-0.4, -0.2) is 20.8 Å². The molecule has 1 atom stereocenters. The molecule has 0 radical (unpaired) electrons. The average Bonchev–Trinajstić information content (AvgIpc) is 3.49. The summed E-state index contributed by atoms with van der Waals surface area (Å²) in [5, 5.41) is 12.6. The standard InChI is InChI=1S/C34H25F3N2O/c35-34(36,37)33(40,30-22-12-14-25-13-10-11-21-29(25)30)31-23-39(24-38-31)32(26-15-4-1-5-16-26,27-17-6-2-7-18-27)28-19-8-3-9-20-28/h1-24,40H. The van der Waals surface area contributed by atoms with Gasteiger partial charge in [-0.25, -0.2) is 4.98 Å². The van der Waals surface area contributed by atoms with E-state index in [9.17, 15) is 18.3 Å². The Hall–Kier alpha value is -4.68. The lowest BCUT2D eigenvalue weighted by molar-refractivity contribution is -0.249. The number of aromatic nitrogens is 2. The predicted molar refractivity (Wildman–Crippen MR) is 150 cm³/mol. The van der Waals surface area contributed by atoms with Gasteiger partial charge in [0.2, 0.25) is 5.60 Å². The number of benzene rings is 5. The number of halogens is 3. The van der Waals surface area contributed by atoms with E-state index in [4.69, 9.17) is 0 Å². The molecule has 0 fully saturated rings. The van der Waals surface area contributed by atoms with E-state index in [2.05, 4.69) is 4.98 Å². The molecule has 6 heteroatoms. The second-order valence-electron chi connectivity index (χ2n) is 9.71. The Labute approximate surface area is 229 Å². The number of rotatable bonds is 6. The summed E-state index contributed by atoms with van der Waals surface area (Å²) in [4.78, 5) is 4.27. The van der Waals surface area contributed by atoms with Gasteiger partial charge in [0.1, 0.15) is 11.2 Å². The largest absolute Gasteiger partial charge is 0.427 e. The van der Waals surface area contributed by atoms with Crippen molar-refractivity contribution in [3.63, 3.8) is 0 Å². The minimum absolute atomic E-state index is 0.270. The van der Waals surface area contributed by atoms with E-state index >= 15 is 0 Å². The smallest absolute Gasteiger partial charge is 0.371 e. The highest BCUT2D eigenvalue weighted by atomic mass is 19.4. The van der Waals surface area contributed by atoms with Gasteiger partial charge in [-0.2, -0.15) is 13.2 Å². The lowest BCUT2D eigenvalue weighted by Gasteiger charge is -2.37. The molecule has 0 saturated carbocycles. The average molecular weight is 535 g/mol. The molecule has 0 spiro atoms. The summed E-state index contributed by atoms with van der Waals surface area (Å²) in [5.41, 5.74) is -2.71. The van der Waals surface area contributed by atoms with Crippen LogP contribution in [0.3, 0.4) is 0 Å². The molecule has 1 unspecified atom stereocenters. The van der Waals surface area contributed by atoms with E-state index in [1.807, 2.05) is 91.0 Å². The van der Waals surface area contributed by atoms with Crippen LogP contribution < -0.4 is 0 Å². The molecule has 40 heavy (non-hydrogen) atoms. The molecule has 1 N–H and O–H groups in total. The molecule has 1 aromatic heterocycles. The highest BCUT2D eigenvalue weighted by molar-refractivity contribution is 5.87. The maximum Gasteiger partial charge on any atom is 0.427 e. The maximum absolute atomic E-state index is 15.0. The van der Waals surface area contributed by atoms with Gasteiger partial charge in [0.15, 0.2) is 0 Å². The quantitative estimate of drug-likeness (QED) is 0.223. The maximum atomic E-state index is 15.0. The molecule has 198 valence electrons. The third-order valence-electron chi connectivity index (χ3n) is 7.50. The summed E-state index contributed by atoms with van der Waals surface area (Å²) in [7, 11) is 0. The summed E-state index contributed by atoms with van der Waals surface area (Å²) >= 11 is 0.